The highest BCUT2D eigenvalue weighted by molar-refractivity contribution is 7.80. The van der Waals surface area contributed by atoms with Crippen LogP contribution >= 0.6 is 0 Å². The highest BCUT2D eigenvalue weighted by atomic mass is 32.2. The van der Waals surface area contributed by atoms with Crippen LogP contribution in [0.25, 0.3) is 0 Å². The van der Waals surface area contributed by atoms with Gasteiger partial charge >= 0.3 is 5.97 Å². The molecule has 88 valence electrons. The summed E-state index contributed by atoms with van der Waals surface area (Å²) in [5.74, 6) is -0.787. The summed E-state index contributed by atoms with van der Waals surface area (Å²) in [6.07, 6.45) is 1.38. The maximum absolute atomic E-state index is 11.3. The second-order valence-electron chi connectivity index (χ2n) is 2.82. The van der Waals surface area contributed by atoms with Crippen molar-refractivity contribution >= 4 is 23.0 Å². The first-order valence-corrected chi connectivity index (χ1v) is 5.73. The Morgan fingerprint density at radius 1 is 1.56 bits per heavy atom. The number of nitrogens with one attached hydrogen (secondary N) is 1. The third kappa shape index (κ3) is 4.26. The average Bonchev–Trinajstić information content (AvgIpc) is 2.68. The van der Waals surface area contributed by atoms with Crippen molar-refractivity contribution in [3.05, 3.63) is 24.2 Å². The van der Waals surface area contributed by atoms with Gasteiger partial charge in [-0.1, -0.05) is 0 Å². The van der Waals surface area contributed by atoms with Crippen LogP contribution in [0.15, 0.2) is 22.8 Å². The molecule has 1 amide bonds. The van der Waals surface area contributed by atoms with Gasteiger partial charge in [0, 0.05) is 13.5 Å². The monoisotopic (exact) mass is 245 g/mol. The summed E-state index contributed by atoms with van der Waals surface area (Å²) in [6, 6.07) is 3.10. The minimum Gasteiger partial charge on any atom is -0.459 e. The maximum Gasteiger partial charge on any atom is 0.316 e. The molecule has 7 heteroatoms. The van der Waals surface area contributed by atoms with Crippen molar-refractivity contribution in [2.75, 3.05) is 12.3 Å². The molecule has 1 unspecified atom stereocenters. The first-order valence-electron chi connectivity index (χ1n) is 4.48. The summed E-state index contributed by atoms with van der Waals surface area (Å²) in [6.45, 7) is 1.30. The topological polar surface area (TPSA) is 85.6 Å². The van der Waals surface area contributed by atoms with E-state index in [1.165, 1.54) is 19.3 Å². The van der Waals surface area contributed by atoms with Gasteiger partial charge in [0.1, 0.15) is 0 Å². The standard InChI is InChI=1S/C9H11NO5S/c1-7(11)15-16(13)6-4-10-9(12)8-3-2-5-14-8/h2-3,5H,4,6H2,1H3,(H,10,12). The molecule has 1 aromatic rings. The molecule has 1 heterocycles. The van der Waals surface area contributed by atoms with E-state index in [0.29, 0.717) is 0 Å². The van der Waals surface area contributed by atoms with Gasteiger partial charge in [-0.2, -0.15) is 0 Å². The van der Waals surface area contributed by atoms with E-state index >= 15 is 0 Å². The van der Waals surface area contributed by atoms with Gasteiger partial charge in [-0.3, -0.25) is 9.59 Å². The Morgan fingerprint density at radius 2 is 2.31 bits per heavy atom. The molecule has 0 aliphatic carbocycles. The number of carbonyl (C=O) groups excluding carboxylic acids is 2. The van der Waals surface area contributed by atoms with Crippen LogP contribution in [0.5, 0.6) is 0 Å². The Bertz CT molecular complexity index is 387. The van der Waals surface area contributed by atoms with Crippen molar-refractivity contribution in [1.29, 1.82) is 0 Å². The molecule has 0 bridgehead atoms. The zero-order chi connectivity index (χ0) is 12.0. The van der Waals surface area contributed by atoms with E-state index in [2.05, 4.69) is 9.50 Å². The molecule has 0 aliphatic heterocycles. The molecule has 1 aromatic heterocycles. The van der Waals surface area contributed by atoms with Crippen LogP contribution in [0.4, 0.5) is 0 Å². The lowest BCUT2D eigenvalue weighted by molar-refractivity contribution is -0.130. The van der Waals surface area contributed by atoms with Crippen LogP contribution in [-0.2, 0) is 20.1 Å². The second kappa shape index (κ2) is 6.06. The summed E-state index contributed by atoms with van der Waals surface area (Å²) in [4.78, 5) is 21.7. The Hall–Kier alpha value is -1.63. The molecule has 6 nitrogen and oxygen atoms in total. The molecule has 16 heavy (non-hydrogen) atoms. The van der Waals surface area contributed by atoms with Crippen molar-refractivity contribution in [3.8, 4) is 0 Å². The Labute approximate surface area is 94.6 Å². The van der Waals surface area contributed by atoms with E-state index in [4.69, 9.17) is 4.42 Å². The third-order valence-corrected chi connectivity index (χ3v) is 2.47. The van der Waals surface area contributed by atoms with Gasteiger partial charge in [-0.15, -0.1) is 0 Å². The molecule has 0 saturated carbocycles. The number of carbonyl (C=O) groups is 2. The fraction of sp³-hybridized carbons (Fsp3) is 0.333. The van der Waals surface area contributed by atoms with Crippen LogP contribution in [0.2, 0.25) is 0 Å². The summed E-state index contributed by atoms with van der Waals surface area (Å²) in [7, 11) is 0. The SMILES string of the molecule is CC(=O)OS(=O)CCNC(=O)c1ccco1. The largest absolute Gasteiger partial charge is 0.459 e. The van der Waals surface area contributed by atoms with Gasteiger partial charge in [0.15, 0.2) is 5.76 Å². The lowest BCUT2D eigenvalue weighted by atomic mass is 10.4. The van der Waals surface area contributed by atoms with Crippen LogP contribution in [0.3, 0.4) is 0 Å². The second-order valence-corrected chi connectivity index (χ2v) is 4.00. The Kier molecular flexibility index (Phi) is 4.71. The quantitative estimate of drug-likeness (QED) is 0.802. The number of furan rings is 1. The first kappa shape index (κ1) is 12.4. The molecule has 1 rings (SSSR count). The lowest BCUT2D eigenvalue weighted by Gasteiger charge is -2.02. The van der Waals surface area contributed by atoms with E-state index in [-0.39, 0.29) is 18.1 Å². The van der Waals surface area contributed by atoms with Crippen LogP contribution in [-0.4, -0.2) is 28.4 Å². The third-order valence-electron chi connectivity index (χ3n) is 1.51. The minimum atomic E-state index is -1.71. The Morgan fingerprint density at radius 3 is 2.88 bits per heavy atom. The predicted octanol–water partition coefficient (Wildman–Crippen LogP) is 0.236. The Balaban J connectivity index is 2.23. The summed E-state index contributed by atoms with van der Waals surface area (Å²) in [5.41, 5.74) is 0. The minimum absolute atomic E-state index is 0.0476. The molecule has 1 N–H and O–H groups in total. The number of hydrogen-bond donors (Lipinski definition) is 1. The first-order chi connectivity index (χ1) is 7.59. The summed E-state index contributed by atoms with van der Waals surface area (Å²) >= 11 is -1.71. The van der Waals surface area contributed by atoms with Gasteiger partial charge < -0.3 is 13.9 Å². The number of hydrogen-bond acceptors (Lipinski definition) is 5. The maximum atomic E-state index is 11.3. The zero-order valence-corrected chi connectivity index (χ0v) is 9.41. The molecule has 0 saturated heterocycles. The van der Waals surface area contributed by atoms with Crippen LogP contribution in [0.1, 0.15) is 17.5 Å². The van der Waals surface area contributed by atoms with Crippen molar-refractivity contribution in [3.63, 3.8) is 0 Å². The van der Waals surface area contributed by atoms with Crippen molar-refractivity contribution in [2.24, 2.45) is 0 Å². The van der Waals surface area contributed by atoms with Crippen LogP contribution < -0.4 is 5.32 Å². The van der Waals surface area contributed by atoms with Gasteiger partial charge in [-0.05, 0) is 12.1 Å². The lowest BCUT2D eigenvalue weighted by Crippen LogP contribution is -2.28. The molecule has 0 radical (unpaired) electrons. The van der Waals surface area contributed by atoms with Crippen molar-refractivity contribution in [2.45, 2.75) is 6.92 Å². The fourth-order valence-electron chi connectivity index (χ4n) is 0.915. The van der Waals surface area contributed by atoms with Gasteiger partial charge in [-0.25, -0.2) is 4.21 Å². The molecular weight excluding hydrogens is 234 g/mol. The van der Waals surface area contributed by atoms with E-state index in [9.17, 15) is 13.8 Å². The summed E-state index contributed by atoms with van der Waals surface area (Å²) in [5, 5.41) is 2.47. The highest BCUT2D eigenvalue weighted by Crippen LogP contribution is 1.98. The summed E-state index contributed by atoms with van der Waals surface area (Å²) < 4.78 is 20.2. The van der Waals surface area contributed by atoms with E-state index in [1.807, 2.05) is 0 Å². The molecule has 0 aliphatic rings. The van der Waals surface area contributed by atoms with Gasteiger partial charge in [0.05, 0.1) is 12.0 Å². The number of rotatable bonds is 5. The average molecular weight is 245 g/mol. The van der Waals surface area contributed by atoms with E-state index < -0.39 is 23.0 Å². The highest BCUT2D eigenvalue weighted by Gasteiger charge is 2.09. The predicted molar refractivity (Wildman–Crippen MR) is 55.8 cm³/mol. The smallest absolute Gasteiger partial charge is 0.316 e. The fourth-order valence-corrected chi connectivity index (χ4v) is 1.53. The molecule has 0 fully saturated rings. The van der Waals surface area contributed by atoms with Crippen LogP contribution in [0, 0.1) is 0 Å². The van der Waals surface area contributed by atoms with Crippen molar-refractivity contribution in [1.82, 2.24) is 5.32 Å². The van der Waals surface area contributed by atoms with Gasteiger partial charge in [0.2, 0.25) is 11.1 Å². The molecular formula is C9H11NO5S. The molecule has 0 aromatic carbocycles. The normalized spacial score (nSPS) is 11.8. The zero-order valence-electron chi connectivity index (χ0n) is 8.60. The number of amides is 1. The van der Waals surface area contributed by atoms with E-state index in [0.717, 1.165) is 0 Å². The van der Waals surface area contributed by atoms with Gasteiger partial charge in [0.25, 0.3) is 5.91 Å². The van der Waals surface area contributed by atoms with E-state index in [1.54, 1.807) is 6.07 Å². The molecule has 0 spiro atoms. The van der Waals surface area contributed by atoms with Crippen molar-refractivity contribution < 1.29 is 22.4 Å². The molecule has 1 atom stereocenters.